The highest BCUT2D eigenvalue weighted by atomic mass is 16.4. The van der Waals surface area contributed by atoms with Crippen LogP contribution >= 0.6 is 0 Å². The fraction of sp³-hybridized carbons (Fsp3) is 0.529. The first-order chi connectivity index (χ1) is 9.90. The molecule has 3 atom stereocenters. The minimum absolute atomic E-state index is 0.164. The first-order valence-corrected chi connectivity index (χ1v) is 7.52. The molecule has 4 nitrogen and oxygen atoms in total. The molecule has 1 aliphatic carbocycles. The first kappa shape index (κ1) is 15.5. The van der Waals surface area contributed by atoms with Gasteiger partial charge in [0.05, 0.1) is 11.8 Å². The molecule has 0 spiro atoms. The number of anilines is 1. The lowest BCUT2D eigenvalue weighted by Crippen LogP contribution is -2.30. The summed E-state index contributed by atoms with van der Waals surface area (Å²) >= 11 is 0. The van der Waals surface area contributed by atoms with Crippen LogP contribution in [0.3, 0.4) is 0 Å². The van der Waals surface area contributed by atoms with Crippen LogP contribution in [0.4, 0.5) is 5.69 Å². The van der Waals surface area contributed by atoms with E-state index in [2.05, 4.69) is 5.32 Å². The number of benzene rings is 1. The van der Waals surface area contributed by atoms with E-state index in [9.17, 15) is 14.7 Å². The maximum Gasteiger partial charge on any atom is 0.307 e. The average Bonchev–Trinajstić information content (AvgIpc) is 2.81. The molecule has 3 unspecified atom stereocenters. The molecule has 1 amide bonds. The lowest BCUT2D eigenvalue weighted by Gasteiger charge is -2.16. The van der Waals surface area contributed by atoms with Crippen molar-refractivity contribution in [1.82, 2.24) is 0 Å². The molecule has 0 aliphatic heterocycles. The van der Waals surface area contributed by atoms with Gasteiger partial charge in [-0.05, 0) is 55.9 Å². The second-order valence-electron chi connectivity index (χ2n) is 6.16. The molecule has 1 fully saturated rings. The topological polar surface area (TPSA) is 66.4 Å². The standard InChI is InChI=1S/C17H23NO3/c1-4-12-8-14(15(9-12)17(20)21)16(19)18-13-6-10(2)5-11(3)7-13/h5-7,12,14-15H,4,8-9H2,1-3H3,(H,18,19)(H,20,21). The van der Waals surface area contributed by atoms with Crippen LogP contribution in [0.5, 0.6) is 0 Å². The molecule has 1 aliphatic rings. The summed E-state index contributed by atoms with van der Waals surface area (Å²) in [6.45, 7) is 6.00. The van der Waals surface area contributed by atoms with Crippen LogP contribution in [-0.2, 0) is 9.59 Å². The second-order valence-corrected chi connectivity index (χ2v) is 6.16. The van der Waals surface area contributed by atoms with Gasteiger partial charge in [-0.1, -0.05) is 19.4 Å². The molecule has 2 rings (SSSR count). The van der Waals surface area contributed by atoms with Gasteiger partial charge in [0.2, 0.25) is 5.91 Å². The highest BCUT2D eigenvalue weighted by Gasteiger charge is 2.42. The summed E-state index contributed by atoms with van der Waals surface area (Å²) in [6.07, 6.45) is 2.21. The number of hydrogen-bond donors (Lipinski definition) is 2. The van der Waals surface area contributed by atoms with Crippen molar-refractivity contribution in [3.8, 4) is 0 Å². The monoisotopic (exact) mass is 289 g/mol. The van der Waals surface area contributed by atoms with E-state index in [0.717, 1.165) is 23.2 Å². The lowest BCUT2D eigenvalue weighted by atomic mass is 9.95. The molecular formula is C17H23NO3. The Morgan fingerprint density at radius 1 is 1.14 bits per heavy atom. The van der Waals surface area contributed by atoms with Gasteiger partial charge < -0.3 is 10.4 Å². The van der Waals surface area contributed by atoms with Gasteiger partial charge in [0.25, 0.3) is 0 Å². The predicted octanol–water partition coefficient (Wildman–Crippen LogP) is 3.38. The number of carbonyl (C=O) groups is 2. The van der Waals surface area contributed by atoms with Crippen LogP contribution in [0.1, 0.15) is 37.3 Å². The summed E-state index contributed by atoms with van der Waals surface area (Å²) in [5.74, 6) is -1.66. The molecule has 0 radical (unpaired) electrons. The Morgan fingerprint density at radius 3 is 2.24 bits per heavy atom. The van der Waals surface area contributed by atoms with Gasteiger partial charge in [-0.2, -0.15) is 0 Å². The number of aryl methyl sites for hydroxylation is 2. The lowest BCUT2D eigenvalue weighted by molar-refractivity contribution is -0.145. The third kappa shape index (κ3) is 3.63. The molecular weight excluding hydrogens is 266 g/mol. The molecule has 1 aromatic carbocycles. The second kappa shape index (κ2) is 6.29. The fourth-order valence-corrected chi connectivity index (χ4v) is 3.32. The third-order valence-electron chi connectivity index (χ3n) is 4.38. The highest BCUT2D eigenvalue weighted by molar-refractivity contribution is 5.95. The van der Waals surface area contributed by atoms with E-state index in [-0.39, 0.29) is 5.91 Å². The fourth-order valence-electron chi connectivity index (χ4n) is 3.32. The van der Waals surface area contributed by atoms with Gasteiger partial charge in [-0.25, -0.2) is 0 Å². The average molecular weight is 289 g/mol. The van der Waals surface area contributed by atoms with Gasteiger partial charge in [-0.3, -0.25) is 9.59 Å². The molecule has 114 valence electrons. The van der Waals surface area contributed by atoms with Crippen LogP contribution in [0, 0.1) is 31.6 Å². The van der Waals surface area contributed by atoms with Crippen molar-refractivity contribution in [1.29, 1.82) is 0 Å². The smallest absolute Gasteiger partial charge is 0.307 e. The summed E-state index contributed by atoms with van der Waals surface area (Å²) in [5, 5.41) is 12.2. The van der Waals surface area contributed by atoms with Gasteiger partial charge >= 0.3 is 5.97 Å². The maximum absolute atomic E-state index is 12.4. The molecule has 0 aromatic heterocycles. The normalized spacial score (nSPS) is 24.8. The molecule has 0 saturated heterocycles. The highest BCUT2D eigenvalue weighted by Crippen LogP contribution is 2.39. The van der Waals surface area contributed by atoms with Crippen LogP contribution in [-0.4, -0.2) is 17.0 Å². The van der Waals surface area contributed by atoms with Crippen LogP contribution in [0.2, 0.25) is 0 Å². The summed E-state index contributed by atoms with van der Waals surface area (Å²) in [4.78, 5) is 23.8. The van der Waals surface area contributed by atoms with Gasteiger partial charge in [-0.15, -0.1) is 0 Å². The van der Waals surface area contributed by atoms with E-state index in [1.54, 1.807) is 0 Å². The molecule has 1 saturated carbocycles. The Kier molecular flexibility index (Phi) is 4.66. The van der Waals surface area contributed by atoms with Crippen molar-refractivity contribution in [3.63, 3.8) is 0 Å². The van der Waals surface area contributed by atoms with Crippen LogP contribution < -0.4 is 5.32 Å². The number of hydrogen-bond acceptors (Lipinski definition) is 2. The van der Waals surface area contributed by atoms with Crippen LogP contribution in [0.15, 0.2) is 18.2 Å². The summed E-state index contributed by atoms with van der Waals surface area (Å²) in [6, 6.07) is 5.86. The van der Waals surface area contributed by atoms with Crippen molar-refractivity contribution >= 4 is 17.6 Å². The Morgan fingerprint density at radius 2 is 1.71 bits per heavy atom. The van der Waals surface area contributed by atoms with E-state index in [4.69, 9.17) is 0 Å². The number of carboxylic acids is 1. The number of carboxylic acid groups (broad SMARTS) is 1. The number of amides is 1. The van der Waals surface area contributed by atoms with Crippen molar-refractivity contribution in [2.75, 3.05) is 5.32 Å². The third-order valence-corrected chi connectivity index (χ3v) is 4.38. The molecule has 1 aromatic rings. The Labute approximate surface area is 125 Å². The van der Waals surface area contributed by atoms with Crippen molar-refractivity contribution in [2.24, 2.45) is 17.8 Å². The zero-order valence-corrected chi connectivity index (χ0v) is 12.8. The number of carbonyl (C=O) groups excluding carboxylic acids is 1. The Balaban J connectivity index is 2.13. The van der Waals surface area contributed by atoms with Crippen molar-refractivity contribution in [2.45, 2.75) is 40.0 Å². The van der Waals surface area contributed by atoms with Gasteiger partial charge in [0.15, 0.2) is 0 Å². The Bertz CT molecular complexity index is 533. The van der Waals surface area contributed by atoms with E-state index in [1.807, 2.05) is 39.0 Å². The van der Waals surface area contributed by atoms with Crippen molar-refractivity contribution < 1.29 is 14.7 Å². The zero-order chi connectivity index (χ0) is 15.6. The predicted molar refractivity (Wildman–Crippen MR) is 82.2 cm³/mol. The van der Waals surface area contributed by atoms with Gasteiger partial charge in [0, 0.05) is 5.69 Å². The van der Waals surface area contributed by atoms with E-state index in [0.29, 0.717) is 18.8 Å². The minimum atomic E-state index is -0.855. The number of rotatable bonds is 4. The summed E-state index contributed by atoms with van der Waals surface area (Å²) in [7, 11) is 0. The van der Waals surface area contributed by atoms with E-state index >= 15 is 0 Å². The summed E-state index contributed by atoms with van der Waals surface area (Å²) < 4.78 is 0. The summed E-state index contributed by atoms with van der Waals surface area (Å²) in [5.41, 5.74) is 2.91. The number of nitrogens with one attached hydrogen (secondary N) is 1. The first-order valence-electron chi connectivity index (χ1n) is 7.52. The van der Waals surface area contributed by atoms with Crippen LogP contribution in [0.25, 0.3) is 0 Å². The molecule has 2 N–H and O–H groups in total. The SMILES string of the molecule is CCC1CC(C(=O)O)C(C(=O)Nc2cc(C)cc(C)c2)C1. The molecule has 0 heterocycles. The van der Waals surface area contributed by atoms with E-state index in [1.165, 1.54) is 0 Å². The number of aliphatic carboxylic acids is 1. The quantitative estimate of drug-likeness (QED) is 0.893. The largest absolute Gasteiger partial charge is 0.481 e. The van der Waals surface area contributed by atoms with E-state index < -0.39 is 17.8 Å². The zero-order valence-electron chi connectivity index (χ0n) is 12.8. The van der Waals surface area contributed by atoms with Crippen molar-refractivity contribution in [3.05, 3.63) is 29.3 Å². The molecule has 0 bridgehead atoms. The molecule has 21 heavy (non-hydrogen) atoms. The Hall–Kier alpha value is -1.84. The maximum atomic E-state index is 12.4. The molecule has 4 heteroatoms. The minimum Gasteiger partial charge on any atom is -0.481 e. The van der Waals surface area contributed by atoms with Gasteiger partial charge in [0.1, 0.15) is 0 Å².